The molecule has 0 aromatic heterocycles. The van der Waals surface area contributed by atoms with E-state index >= 15 is 0 Å². The van der Waals surface area contributed by atoms with Crippen molar-refractivity contribution in [1.82, 2.24) is 0 Å². The molecule has 5 fully saturated rings. The summed E-state index contributed by atoms with van der Waals surface area (Å²) in [5.41, 5.74) is 0.478. The quantitative estimate of drug-likeness (QED) is 0.115. The third-order valence-electron chi connectivity index (χ3n) is 15.0. The van der Waals surface area contributed by atoms with Crippen LogP contribution in [0.2, 0.25) is 0 Å². The van der Waals surface area contributed by atoms with Crippen molar-refractivity contribution >= 4 is 23.2 Å². The molecule has 5 rings (SSSR count). The summed E-state index contributed by atoms with van der Waals surface area (Å²) in [5.74, 6) is 5.99. The Morgan fingerprint density at radius 2 is 0.727 bits per heavy atom. The van der Waals surface area contributed by atoms with Crippen LogP contribution in [0.1, 0.15) is 213 Å². The van der Waals surface area contributed by atoms with E-state index < -0.39 is 4.33 Å². The zero-order valence-electron chi connectivity index (χ0n) is 29.6. The molecule has 0 amide bonds. The molecule has 2 heteroatoms. The molecule has 0 aliphatic heterocycles. The molecule has 0 N–H and O–H groups in total. The number of rotatable bonds is 16. The first-order chi connectivity index (χ1) is 21.4. The number of hydrogen-bond acceptors (Lipinski definition) is 0. The summed E-state index contributed by atoms with van der Waals surface area (Å²) in [4.78, 5) is 0. The van der Waals surface area contributed by atoms with Crippen LogP contribution in [0.25, 0.3) is 0 Å². The third-order valence-corrected chi connectivity index (χ3v) is 16.6. The monoisotopic (exact) mass is 649 g/mol. The minimum atomic E-state index is -0.459. The van der Waals surface area contributed by atoms with Gasteiger partial charge in [0, 0.05) is 10.8 Å². The Morgan fingerprint density at radius 1 is 0.409 bits per heavy atom. The summed E-state index contributed by atoms with van der Waals surface area (Å²) in [5, 5.41) is 0. The van der Waals surface area contributed by atoms with Gasteiger partial charge in [0.1, 0.15) is 4.33 Å². The first kappa shape index (κ1) is 35.9. The van der Waals surface area contributed by atoms with Crippen LogP contribution >= 0.6 is 23.2 Å². The molecule has 0 aromatic rings. The second kappa shape index (κ2) is 17.3. The molecule has 0 nitrogen and oxygen atoms in total. The van der Waals surface area contributed by atoms with Gasteiger partial charge in [-0.3, -0.25) is 0 Å². The normalized spacial score (nSPS) is 39.0. The zero-order chi connectivity index (χ0) is 30.9. The Balaban J connectivity index is 0.968. The van der Waals surface area contributed by atoms with Crippen LogP contribution in [0, 0.1) is 46.3 Å². The van der Waals surface area contributed by atoms with E-state index in [-0.39, 0.29) is 10.8 Å². The van der Waals surface area contributed by atoms with E-state index in [4.69, 9.17) is 23.2 Å². The number of halogens is 2. The van der Waals surface area contributed by atoms with Crippen LogP contribution in [-0.2, 0) is 0 Å². The van der Waals surface area contributed by atoms with Crippen molar-refractivity contribution in [3.8, 4) is 0 Å². The molecule has 0 unspecified atom stereocenters. The molecule has 256 valence electrons. The van der Waals surface area contributed by atoms with Crippen LogP contribution in [0.15, 0.2) is 0 Å². The number of hydrogen-bond donors (Lipinski definition) is 0. The Morgan fingerprint density at radius 3 is 1.07 bits per heavy atom. The molecule has 0 aromatic carbocycles. The predicted molar refractivity (Wildman–Crippen MR) is 195 cm³/mol. The highest BCUT2D eigenvalue weighted by atomic mass is 35.5. The van der Waals surface area contributed by atoms with Gasteiger partial charge in [0.25, 0.3) is 0 Å². The van der Waals surface area contributed by atoms with E-state index in [2.05, 4.69) is 13.8 Å². The van der Waals surface area contributed by atoms with E-state index in [1.54, 1.807) is 0 Å². The van der Waals surface area contributed by atoms with Gasteiger partial charge in [0.05, 0.1) is 0 Å². The smallest absolute Gasteiger partial charge is 0.100 e. The van der Waals surface area contributed by atoms with Gasteiger partial charge in [-0.25, -0.2) is 0 Å². The van der Waals surface area contributed by atoms with Gasteiger partial charge >= 0.3 is 0 Å². The standard InChI is InChI=1S/C42H74Cl2/c1-3-5-7-9-11-13-15-34-17-21-36(22-18-34)38-25-29-40(30-26-38)33-41(42(40,43)44)31-27-39(28-32-41)37-23-19-35(20-24-37)16-14-12-10-8-6-4-2/h34-39H,3-33H2,1-2H3. The lowest BCUT2D eigenvalue weighted by Crippen LogP contribution is -2.66. The maximum Gasteiger partial charge on any atom is 0.129 e. The van der Waals surface area contributed by atoms with Gasteiger partial charge in [-0.05, 0) is 119 Å². The molecule has 0 radical (unpaired) electrons. The van der Waals surface area contributed by atoms with Gasteiger partial charge in [-0.15, -0.1) is 23.2 Å². The van der Waals surface area contributed by atoms with Crippen molar-refractivity contribution in [2.24, 2.45) is 46.3 Å². The largest absolute Gasteiger partial charge is 0.129 e. The molecule has 0 atom stereocenters. The zero-order valence-corrected chi connectivity index (χ0v) is 31.2. The van der Waals surface area contributed by atoms with Crippen LogP contribution in [0.5, 0.6) is 0 Å². The molecular formula is C42H74Cl2. The minimum Gasteiger partial charge on any atom is -0.100 e. The molecule has 0 saturated heterocycles. The van der Waals surface area contributed by atoms with E-state index in [9.17, 15) is 0 Å². The first-order valence-corrected chi connectivity index (χ1v) is 21.6. The predicted octanol–water partition coefficient (Wildman–Crippen LogP) is 15.0. The van der Waals surface area contributed by atoms with Crippen molar-refractivity contribution in [3.63, 3.8) is 0 Å². The summed E-state index contributed by atoms with van der Waals surface area (Å²) in [7, 11) is 0. The second-order valence-electron chi connectivity index (χ2n) is 17.7. The minimum absolute atomic E-state index is 0.239. The Kier molecular flexibility index (Phi) is 14.1. The fourth-order valence-corrected chi connectivity index (χ4v) is 13.0. The highest BCUT2D eigenvalue weighted by molar-refractivity contribution is 6.50. The molecular weight excluding hydrogens is 575 g/mol. The van der Waals surface area contributed by atoms with E-state index in [1.807, 2.05) is 0 Å². The second-order valence-corrected chi connectivity index (χ2v) is 19.0. The number of unbranched alkanes of at least 4 members (excludes halogenated alkanes) is 10. The number of alkyl halides is 2. The third kappa shape index (κ3) is 8.59. The topological polar surface area (TPSA) is 0 Å². The van der Waals surface area contributed by atoms with Gasteiger partial charge in [0.2, 0.25) is 0 Å². The maximum atomic E-state index is 7.52. The Hall–Kier alpha value is 0.580. The molecule has 5 aliphatic rings. The fourth-order valence-electron chi connectivity index (χ4n) is 12.0. The van der Waals surface area contributed by atoms with Crippen LogP contribution in [0.4, 0.5) is 0 Å². The van der Waals surface area contributed by atoms with E-state index in [1.165, 1.54) is 199 Å². The van der Waals surface area contributed by atoms with Gasteiger partial charge in [0.15, 0.2) is 0 Å². The SMILES string of the molecule is CCCCCCCCC1CCC(C2CCC3(CC2)CC2(CCC(C4CCC(CCCCCCCC)CC4)CC2)C3(Cl)Cl)CC1. The molecule has 5 saturated carbocycles. The first-order valence-electron chi connectivity index (χ1n) is 20.8. The lowest BCUT2D eigenvalue weighted by atomic mass is 9.42. The lowest BCUT2D eigenvalue weighted by Gasteiger charge is -2.69. The van der Waals surface area contributed by atoms with Crippen molar-refractivity contribution in [2.45, 2.75) is 217 Å². The molecule has 5 aliphatic carbocycles. The van der Waals surface area contributed by atoms with Crippen LogP contribution < -0.4 is 0 Å². The van der Waals surface area contributed by atoms with Crippen molar-refractivity contribution in [3.05, 3.63) is 0 Å². The van der Waals surface area contributed by atoms with Crippen LogP contribution in [0.3, 0.4) is 0 Å². The fraction of sp³-hybridized carbons (Fsp3) is 1.00. The van der Waals surface area contributed by atoms with Crippen LogP contribution in [-0.4, -0.2) is 4.33 Å². The summed E-state index contributed by atoms with van der Waals surface area (Å²) in [6.07, 6.45) is 44.8. The van der Waals surface area contributed by atoms with E-state index in [0.717, 1.165) is 35.5 Å². The van der Waals surface area contributed by atoms with Gasteiger partial charge < -0.3 is 0 Å². The van der Waals surface area contributed by atoms with Crippen molar-refractivity contribution in [2.75, 3.05) is 0 Å². The Bertz CT molecular complexity index is 721. The average molecular weight is 650 g/mol. The lowest BCUT2D eigenvalue weighted by molar-refractivity contribution is -0.122. The molecule has 2 spiro atoms. The van der Waals surface area contributed by atoms with Gasteiger partial charge in [-0.2, -0.15) is 0 Å². The van der Waals surface area contributed by atoms with E-state index in [0.29, 0.717) is 0 Å². The van der Waals surface area contributed by atoms with Crippen molar-refractivity contribution in [1.29, 1.82) is 0 Å². The molecule has 44 heavy (non-hydrogen) atoms. The summed E-state index contributed by atoms with van der Waals surface area (Å²) in [6.45, 7) is 4.64. The van der Waals surface area contributed by atoms with Gasteiger partial charge in [-0.1, -0.05) is 129 Å². The highest BCUT2D eigenvalue weighted by Gasteiger charge is 2.72. The molecule has 0 bridgehead atoms. The van der Waals surface area contributed by atoms with Crippen molar-refractivity contribution < 1.29 is 0 Å². The Labute approximate surface area is 285 Å². The summed E-state index contributed by atoms with van der Waals surface area (Å²) in [6, 6.07) is 0. The average Bonchev–Trinajstić information content (AvgIpc) is 3.05. The summed E-state index contributed by atoms with van der Waals surface area (Å²) >= 11 is 15.0. The highest BCUT2D eigenvalue weighted by Crippen LogP contribution is 2.77. The molecule has 0 heterocycles. The maximum absolute atomic E-state index is 7.52. The summed E-state index contributed by atoms with van der Waals surface area (Å²) < 4.78 is -0.459.